The lowest BCUT2D eigenvalue weighted by molar-refractivity contribution is 0.0936. The van der Waals surface area contributed by atoms with Gasteiger partial charge in [0.15, 0.2) is 0 Å². The minimum Gasteiger partial charge on any atom is -0.466 e. The molecule has 2 rings (SSSR count). The molecule has 1 heterocycles. The van der Waals surface area contributed by atoms with Crippen molar-refractivity contribution in [2.45, 2.75) is 26.3 Å². The summed E-state index contributed by atoms with van der Waals surface area (Å²) < 4.78 is 5.38. The highest BCUT2D eigenvalue weighted by molar-refractivity contribution is 5.95. The van der Waals surface area contributed by atoms with Crippen LogP contribution in [-0.4, -0.2) is 18.5 Å². The first-order chi connectivity index (χ1) is 9.60. The van der Waals surface area contributed by atoms with Crippen molar-refractivity contribution in [2.24, 2.45) is 5.73 Å². The molecule has 1 amide bonds. The van der Waals surface area contributed by atoms with Crippen LogP contribution in [0.25, 0.3) is 0 Å². The van der Waals surface area contributed by atoms with E-state index in [1.165, 1.54) is 0 Å². The molecule has 0 saturated heterocycles. The molecule has 0 aliphatic heterocycles. The Labute approximate surface area is 119 Å². The molecule has 0 saturated carbocycles. The zero-order valence-corrected chi connectivity index (χ0v) is 11.8. The van der Waals surface area contributed by atoms with E-state index in [4.69, 9.17) is 10.2 Å². The van der Waals surface area contributed by atoms with Gasteiger partial charge >= 0.3 is 0 Å². The first kappa shape index (κ1) is 14.3. The zero-order valence-electron chi connectivity index (χ0n) is 11.8. The molecule has 0 bridgehead atoms. The van der Waals surface area contributed by atoms with E-state index in [2.05, 4.69) is 5.32 Å². The monoisotopic (exact) mass is 272 g/mol. The molecular weight excluding hydrogens is 252 g/mol. The van der Waals surface area contributed by atoms with Crippen LogP contribution in [0.4, 0.5) is 0 Å². The van der Waals surface area contributed by atoms with Gasteiger partial charge in [-0.05, 0) is 31.9 Å². The summed E-state index contributed by atoms with van der Waals surface area (Å²) in [5.74, 6) is 1.24. The van der Waals surface area contributed by atoms with Crippen LogP contribution >= 0.6 is 0 Å². The summed E-state index contributed by atoms with van der Waals surface area (Å²) >= 11 is 0. The van der Waals surface area contributed by atoms with Crippen LogP contribution in [0.15, 0.2) is 40.8 Å². The third-order valence-electron chi connectivity index (χ3n) is 3.23. The van der Waals surface area contributed by atoms with Crippen LogP contribution in [-0.2, 0) is 6.42 Å². The Morgan fingerprint density at radius 1 is 1.30 bits per heavy atom. The highest BCUT2D eigenvalue weighted by Crippen LogP contribution is 2.14. The van der Waals surface area contributed by atoms with Crippen LogP contribution in [0.3, 0.4) is 0 Å². The van der Waals surface area contributed by atoms with Crippen molar-refractivity contribution >= 4 is 5.91 Å². The Hall–Kier alpha value is -2.07. The van der Waals surface area contributed by atoms with Gasteiger partial charge < -0.3 is 15.5 Å². The van der Waals surface area contributed by atoms with Crippen LogP contribution < -0.4 is 11.1 Å². The maximum atomic E-state index is 12.2. The van der Waals surface area contributed by atoms with Crippen molar-refractivity contribution in [3.8, 4) is 0 Å². The predicted octanol–water partition coefficient (Wildman–Crippen LogP) is 2.20. The van der Waals surface area contributed by atoms with Gasteiger partial charge in [-0.2, -0.15) is 0 Å². The molecule has 0 aliphatic rings. The summed E-state index contributed by atoms with van der Waals surface area (Å²) in [6, 6.07) is 11.7. The van der Waals surface area contributed by atoms with Gasteiger partial charge in [0.1, 0.15) is 11.5 Å². The first-order valence-corrected chi connectivity index (χ1v) is 6.72. The lowest BCUT2D eigenvalue weighted by Gasteiger charge is -2.16. The number of aryl methyl sites for hydroxylation is 2. The van der Waals surface area contributed by atoms with Gasteiger partial charge in [0.2, 0.25) is 0 Å². The van der Waals surface area contributed by atoms with E-state index in [-0.39, 0.29) is 11.9 Å². The molecule has 4 heteroatoms. The SMILES string of the molecule is Cc1cc(C(=O)NC(CN)Cc2ccccc2)c(C)o1. The maximum Gasteiger partial charge on any atom is 0.255 e. The van der Waals surface area contributed by atoms with E-state index in [1.54, 1.807) is 13.0 Å². The van der Waals surface area contributed by atoms with Crippen molar-refractivity contribution in [1.29, 1.82) is 0 Å². The molecule has 3 N–H and O–H groups in total. The fourth-order valence-electron chi connectivity index (χ4n) is 2.21. The standard InChI is InChI=1S/C16H20N2O2/c1-11-8-15(12(2)20-11)16(19)18-14(10-17)9-13-6-4-3-5-7-13/h3-8,14H,9-10,17H2,1-2H3,(H,18,19). The summed E-state index contributed by atoms with van der Waals surface area (Å²) in [5, 5.41) is 2.96. The molecule has 1 aromatic carbocycles. The van der Waals surface area contributed by atoms with E-state index < -0.39 is 0 Å². The molecule has 106 valence electrons. The van der Waals surface area contributed by atoms with Gasteiger partial charge in [-0.25, -0.2) is 0 Å². The summed E-state index contributed by atoms with van der Waals surface area (Å²) in [4.78, 5) is 12.2. The summed E-state index contributed by atoms with van der Waals surface area (Å²) in [6.45, 7) is 4.02. The maximum absolute atomic E-state index is 12.2. The molecule has 0 spiro atoms. The minimum atomic E-state index is -0.134. The molecule has 20 heavy (non-hydrogen) atoms. The lowest BCUT2D eigenvalue weighted by Crippen LogP contribution is -2.41. The largest absolute Gasteiger partial charge is 0.466 e. The van der Waals surface area contributed by atoms with E-state index in [1.807, 2.05) is 37.3 Å². The smallest absolute Gasteiger partial charge is 0.255 e. The Kier molecular flexibility index (Phi) is 4.58. The second-order valence-electron chi connectivity index (χ2n) is 4.92. The zero-order chi connectivity index (χ0) is 14.5. The van der Waals surface area contributed by atoms with E-state index in [0.717, 1.165) is 17.7 Å². The summed E-state index contributed by atoms with van der Waals surface area (Å²) in [5.41, 5.74) is 7.49. The summed E-state index contributed by atoms with van der Waals surface area (Å²) in [6.07, 6.45) is 0.721. The number of nitrogens with two attached hydrogens (primary N) is 1. The minimum absolute atomic E-state index is 0.0838. The second kappa shape index (κ2) is 6.39. The van der Waals surface area contributed by atoms with E-state index in [0.29, 0.717) is 17.9 Å². The molecule has 1 atom stereocenters. The van der Waals surface area contributed by atoms with Crippen LogP contribution in [0.2, 0.25) is 0 Å². The van der Waals surface area contributed by atoms with Gasteiger partial charge in [0, 0.05) is 12.6 Å². The Morgan fingerprint density at radius 2 is 2.00 bits per heavy atom. The third-order valence-corrected chi connectivity index (χ3v) is 3.23. The van der Waals surface area contributed by atoms with Crippen LogP contribution in [0.1, 0.15) is 27.4 Å². The quantitative estimate of drug-likeness (QED) is 0.876. The van der Waals surface area contributed by atoms with E-state index in [9.17, 15) is 4.79 Å². The number of hydrogen-bond acceptors (Lipinski definition) is 3. The number of amides is 1. The van der Waals surface area contributed by atoms with Crippen molar-refractivity contribution < 1.29 is 9.21 Å². The third kappa shape index (κ3) is 3.48. The molecule has 0 aliphatic carbocycles. The fraction of sp³-hybridized carbons (Fsp3) is 0.312. The average molecular weight is 272 g/mol. The highest BCUT2D eigenvalue weighted by atomic mass is 16.3. The average Bonchev–Trinajstić information content (AvgIpc) is 2.78. The van der Waals surface area contributed by atoms with Gasteiger partial charge in [0.25, 0.3) is 5.91 Å². The van der Waals surface area contributed by atoms with Gasteiger partial charge in [-0.1, -0.05) is 30.3 Å². The topological polar surface area (TPSA) is 68.3 Å². The highest BCUT2D eigenvalue weighted by Gasteiger charge is 2.17. The van der Waals surface area contributed by atoms with Crippen molar-refractivity contribution in [3.63, 3.8) is 0 Å². The number of hydrogen-bond donors (Lipinski definition) is 2. The molecular formula is C16H20N2O2. The number of nitrogens with one attached hydrogen (secondary N) is 1. The number of rotatable bonds is 5. The Balaban J connectivity index is 2.03. The molecule has 1 unspecified atom stereocenters. The molecule has 0 radical (unpaired) electrons. The molecule has 0 fully saturated rings. The van der Waals surface area contributed by atoms with Crippen molar-refractivity contribution in [1.82, 2.24) is 5.32 Å². The number of benzene rings is 1. The Bertz CT molecular complexity index is 575. The summed E-state index contributed by atoms with van der Waals surface area (Å²) in [7, 11) is 0. The van der Waals surface area contributed by atoms with Crippen LogP contribution in [0.5, 0.6) is 0 Å². The van der Waals surface area contributed by atoms with E-state index >= 15 is 0 Å². The van der Waals surface area contributed by atoms with Gasteiger partial charge in [-0.15, -0.1) is 0 Å². The van der Waals surface area contributed by atoms with Crippen molar-refractivity contribution in [3.05, 3.63) is 59.0 Å². The van der Waals surface area contributed by atoms with Gasteiger partial charge in [0.05, 0.1) is 5.56 Å². The van der Waals surface area contributed by atoms with Gasteiger partial charge in [-0.3, -0.25) is 4.79 Å². The van der Waals surface area contributed by atoms with Crippen LogP contribution in [0, 0.1) is 13.8 Å². The first-order valence-electron chi connectivity index (χ1n) is 6.72. The molecule has 2 aromatic rings. The Morgan fingerprint density at radius 3 is 2.55 bits per heavy atom. The van der Waals surface area contributed by atoms with Crippen molar-refractivity contribution in [2.75, 3.05) is 6.54 Å². The normalized spacial score (nSPS) is 12.2. The molecule has 4 nitrogen and oxygen atoms in total. The number of carbonyl (C=O) groups excluding carboxylic acids is 1. The number of furan rings is 1. The fourth-order valence-corrected chi connectivity index (χ4v) is 2.21. The lowest BCUT2D eigenvalue weighted by atomic mass is 10.1. The predicted molar refractivity (Wildman–Crippen MR) is 78.6 cm³/mol. The second-order valence-corrected chi connectivity index (χ2v) is 4.92. The molecule has 1 aromatic heterocycles. The number of carbonyl (C=O) groups is 1.